The Morgan fingerprint density at radius 1 is 0.972 bits per heavy atom. The van der Waals surface area contributed by atoms with Crippen LogP contribution in [0.4, 0.5) is 11.4 Å². The van der Waals surface area contributed by atoms with Crippen molar-refractivity contribution < 1.29 is 19.1 Å². The molecule has 2 saturated heterocycles. The van der Waals surface area contributed by atoms with Crippen LogP contribution in [0.15, 0.2) is 66.7 Å². The topological polar surface area (TPSA) is 87.7 Å². The van der Waals surface area contributed by atoms with E-state index >= 15 is 0 Å². The fourth-order valence-electron chi connectivity index (χ4n) is 6.02. The normalized spacial score (nSPS) is 26.4. The Morgan fingerprint density at radius 2 is 1.69 bits per heavy atom. The van der Waals surface area contributed by atoms with Gasteiger partial charge in [0, 0.05) is 16.6 Å². The molecular weight excluding hydrogens is 478 g/mol. The quantitative estimate of drug-likeness (QED) is 0.531. The fraction of sp³-hybridized carbons (Fsp3) is 0.250. The van der Waals surface area contributed by atoms with Crippen LogP contribution >= 0.6 is 11.6 Å². The lowest BCUT2D eigenvalue weighted by Gasteiger charge is -2.29. The number of ether oxygens (including phenoxy) is 1. The summed E-state index contributed by atoms with van der Waals surface area (Å²) in [5.74, 6) is -2.04. The van der Waals surface area contributed by atoms with Crippen molar-refractivity contribution in [3.05, 3.63) is 88.4 Å². The summed E-state index contributed by atoms with van der Waals surface area (Å²) in [4.78, 5) is 42.9. The van der Waals surface area contributed by atoms with Crippen molar-refractivity contribution in [1.29, 1.82) is 0 Å². The summed E-state index contributed by atoms with van der Waals surface area (Å²) in [6.07, 6.45) is 0.494. The number of benzene rings is 3. The SMILES string of the molecule is COc1ccc(N2C(=O)[C@H]3[C@H](Cc4ccccc4)N[C@]4(C(=O)Nc5c4ccc(Cl)c5C)[C@@H]3C2=O)cc1. The van der Waals surface area contributed by atoms with Gasteiger partial charge in [0.15, 0.2) is 0 Å². The monoisotopic (exact) mass is 501 g/mol. The van der Waals surface area contributed by atoms with Gasteiger partial charge in [0.2, 0.25) is 17.7 Å². The maximum atomic E-state index is 14.0. The van der Waals surface area contributed by atoms with E-state index in [0.29, 0.717) is 34.1 Å². The standard InChI is InChI=1S/C28H24ClN3O4/c1-15-20(29)13-12-19-24(15)30-27(35)28(19)23-22(21(31-28)14-16-6-4-3-5-7-16)25(33)32(26(23)34)17-8-10-18(36-2)11-9-17/h3-13,21-23,31H,14H2,1-2H3,(H,30,35)/t21-,22-,23-,28-/m0/s1. The van der Waals surface area contributed by atoms with Gasteiger partial charge in [-0.2, -0.15) is 0 Å². The van der Waals surface area contributed by atoms with E-state index in [4.69, 9.17) is 16.3 Å². The van der Waals surface area contributed by atoms with E-state index in [-0.39, 0.29) is 11.8 Å². The Balaban J connectivity index is 1.50. The zero-order valence-corrected chi connectivity index (χ0v) is 20.5. The molecule has 7 nitrogen and oxygen atoms in total. The van der Waals surface area contributed by atoms with E-state index in [1.165, 1.54) is 4.90 Å². The Hall–Kier alpha value is -3.68. The highest BCUT2D eigenvalue weighted by Crippen LogP contribution is 2.55. The highest BCUT2D eigenvalue weighted by atomic mass is 35.5. The average Bonchev–Trinajstić information content (AvgIpc) is 3.47. The molecule has 182 valence electrons. The number of imide groups is 1. The fourth-order valence-corrected chi connectivity index (χ4v) is 6.18. The number of rotatable bonds is 4. The summed E-state index contributed by atoms with van der Waals surface area (Å²) in [7, 11) is 1.56. The Morgan fingerprint density at radius 3 is 2.39 bits per heavy atom. The maximum absolute atomic E-state index is 14.0. The molecule has 0 bridgehead atoms. The van der Waals surface area contributed by atoms with Crippen molar-refractivity contribution in [2.45, 2.75) is 24.9 Å². The van der Waals surface area contributed by atoms with Gasteiger partial charge in [-0.15, -0.1) is 0 Å². The minimum Gasteiger partial charge on any atom is -0.497 e. The summed E-state index contributed by atoms with van der Waals surface area (Å²) in [6.45, 7) is 1.83. The predicted molar refractivity (Wildman–Crippen MR) is 136 cm³/mol. The third-order valence-electron chi connectivity index (χ3n) is 7.71. The zero-order valence-electron chi connectivity index (χ0n) is 19.7. The Labute approximate surface area is 213 Å². The highest BCUT2D eigenvalue weighted by Gasteiger charge is 2.70. The lowest BCUT2D eigenvalue weighted by atomic mass is 9.76. The molecule has 0 saturated carbocycles. The zero-order chi connectivity index (χ0) is 25.2. The molecule has 3 heterocycles. The van der Waals surface area contributed by atoms with E-state index < -0.39 is 29.3 Å². The molecule has 4 atom stereocenters. The average molecular weight is 502 g/mol. The van der Waals surface area contributed by atoms with Gasteiger partial charge >= 0.3 is 0 Å². The van der Waals surface area contributed by atoms with Gasteiger partial charge in [0.25, 0.3) is 0 Å². The van der Waals surface area contributed by atoms with Gasteiger partial charge in [-0.25, -0.2) is 4.90 Å². The second-order valence-electron chi connectivity index (χ2n) is 9.51. The maximum Gasteiger partial charge on any atom is 0.250 e. The number of carbonyl (C=O) groups excluding carboxylic acids is 3. The number of hydrogen-bond donors (Lipinski definition) is 2. The molecule has 0 aromatic heterocycles. The summed E-state index contributed by atoms with van der Waals surface area (Å²) in [6, 6.07) is 19.7. The third kappa shape index (κ3) is 3.06. The van der Waals surface area contributed by atoms with Gasteiger partial charge < -0.3 is 10.1 Å². The number of nitrogens with one attached hydrogen (secondary N) is 2. The molecule has 1 spiro atoms. The first-order valence-corrected chi connectivity index (χ1v) is 12.2. The number of fused-ring (bicyclic) bond motifs is 4. The number of hydrogen-bond acceptors (Lipinski definition) is 5. The van der Waals surface area contributed by atoms with Crippen LogP contribution in [0.25, 0.3) is 0 Å². The van der Waals surface area contributed by atoms with Crippen molar-refractivity contribution in [2.24, 2.45) is 11.8 Å². The third-order valence-corrected chi connectivity index (χ3v) is 8.12. The van der Waals surface area contributed by atoms with E-state index in [2.05, 4.69) is 10.6 Å². The summed E-state index contributed by atoms with van der Waals surface area (Å²) in [5.41, 5.74) is 2.08. The largest absolute Gasteiger partial charge is 0.497 e. The van der Waals surface area contributed by atoms with Crippen molar-refractivity contribution >= 4 is 40.7 Å². The van der Waals surface area contributed by atoms with E-state index in [0.717, 1.165) is 11.1 Å². The molecule has 8 heteroatoms. The van der Waals surface area contributed by atoms with Crippen LogP contribution in [0.5, 0.6) is 5.75 Å². The van der Waals surface area contributed by atoms with Gasteiger partial charge in [0.05, 0.1) is 30.3 Å². The number of amides is 3. The van der Waals surface area contributed by atoms with Gasteiger partial charge in [0.1, 0.15) is 11.3 Å². The molecule has 2 fully saturated rings. The van der Waals surface area contributed by atoms with Crippen LogP contribution in [0.1, 0.15) is 16.7 Å². The highest BCUT2D eigenvalue weighted by molar-refractivity contribution is 6.32. The molecule has 3 aliphatic rings. The number of methoxy groups -OCH3 is 1. The first kappa shape index (κ1) is 22.8. The molecule has 3 aliphatic heterocycles. The minimum atomic E-state index is -1.37. The van der Waals surface area contributed by atoms with E-state index in [1.54, 1.807) is 43.5 Å². The van der Waals surface area contributed by atoms with Crippen LogP contribution in [0.3, 0.4) is 0 Å². The van der Waals surface area contributed by atoms with Gasteiger partial charge in [-0.3, -0.25) is 19.7 Å². The van der Waals surface area contributed by atoms with E-state index in [9.17, 15) is 14.4 Å². The second kappa shape index (κ2) is 8.18. The lowest BCUT2D eigenvalue weighted by Crippen LogP contribution is -2.53. The number of halogens is 1. The van der Waals surface area contributed by atoms with Crippen LogP contribution < -0.4 is 20.3 Å². The van der Waals surface area contributed by atoms with Crippen LogP contribution in [-0.4, -0.2) is 30.9 Å². The summed E-state index contributed by atoms with van der Waals surface area (Å²) < 4.78 is 5.23. The van der Waals surface area contributed by atoms with Gasteiger partial charge in [-0.1, -0.05) is 48.0 Å². The van der Waals surface area contributed by atoms with Crippen molar-refractivity contribution in [3.8, 4) is 5.75 Å². The van der Waals surface area contributed by atoms with Crippen LogP contribution in [0.2, 0.25) is 5.02 Å². The van der Waals surface area contributed by atoms with Gasteiger partial charge in [-0.05, 0) is 54.8 Å². The Bertz CT molecular complexity index is 1410. The molecule has 0 radical (unpaired) electrons. The molecule has 36 heavy (non-hydrogen) atoms. The number of anilines is 2. The summed E-state index contributed by atoms with van der Waals surface area (Å²) in [5, 5.41) is 6.96. The predicted octanol–water partition coefficient (Wildman–Crippen LogP) is 3.82. The second-order valence-corrected chi connectivity index (χ2v) is 9.92. The molecule has 3 aromatic rings. The number of carbonyl (C=O) groups is 3. The Kier molecular flexibility index (Phi) is 5.17. The molecular formula is C28H24ClN3O4. The molecule has 3 amide bonds. The molecule has 0 aliphatic carbocycles. The number of nitrogens with zero attached hydrogens (tertiary/aromatic N) is 1. The molecule has 6 rings (SSSR count). The molecule has 3 aromatic carbocycles. The molecule has 2 N–H and O–H groups in total. The minimum absolute atomic E-state index is 0.313. The van der Waals surface area contributed by atoms with Crippen molar-refractivity contribution in [3.63, 3.8) is 0 Å². The summed E-state index contributed by atoms with van der Waals surface area (Å²) >= 11 is 6.35. The van der Waals surface area contributed by atoms with E-state index in [1.807, 2.05) is 37.3 Å². The first-order valence-electron chi connectivity index (χ1n) is 11.8. The smallest absolute Gasteiger partial charge is 0.250 e. The van der Waals surface area contributed by atoms with Crippen molar-refractivity contribution in [2.75, 3.05) is 17.3 Å². The van der Waals surface area contributed by atoms with Crippen molar-refractivity contribution in [1.82, 2.24) is 5.32 Å². The molecule has 0 unspecified atom stereocenters. The lowest BCUT2D eigenvalue weighted by molar-refractivity contribution is -0.130. The van der Waals surface area contributed by atoms with Crippen LogP contribution in [0, 0.1) is 18.8 Å². The first-order chi connectivity index (χ1) is 17.4. The van der Waals surface area contributed by atoms with Crippen LogP contribution in [-0.2, 0) is 26.3 Å².